The highest BCUT2D eigenvalue weighted by molar-refractivity contribution is 6.11. The molecule has 4 heteroatoms. The highest BCUT2D eigenvalue weighted by Crippen LogP contribution is 2.44. The molecule has 2 aromatic heterocycles. The van der Waals surface area contributed by atoms with Crippen molar-refractivity contribution >= 4 is 60.8 Å². The molecule has 0 bridgehead atoms. The number of anilines is 3. The van der Waals surface area contributed by atoms with Crippen molar-refractivity contribution in [1.82, 2.24) is 4.57 Å². The van der Waals surface area contributed by atoms with E-state index in [1.54, 1.807) is 6.07 Å². The fourth-order valence-corrected chi connectivity index (χ4v) is 7.70. The van der Waals surface area contributed by atoms with Crippen LogP contribution in [0.2, 0.25) is 0 Å². The molecule has 0 N–H and O–H groups in total. The molecule has 0 aliphatic carbocycles. The molecule has 10 rings (SSSR count). The standard InChI is InChI=1S/C48H31FN2O/c49-35-26-29-40-39-17-5-8-21-44(39)51(46(40)31-35)43-20-7-4-16-38(43)33-24-27-36(28-25-33)50(37-15-10-14-34(30-37)32-12-2-1-3-13-32)45-22-11-19-42-41-18-6-9-23-47(41)52-48(42)45/h1-31H. The third-order valence-corrected chi connectivity index (χ3v) is 10.1. The van der Waals surface area contributed by atoms with Crippen molar-refractivity contribution in [1.29, 1.82) is 0 Å². The van der Waals surface area contributed by atoms with Crippen LogP contribution in [0.5, 0.6) is 0 Å². The summed E-state index contributed by atoms with van der Waals surface area (Å²) < 4.78 is 23.5. The van der Waals surface area contributed by atoms with Gasteiger partial charge in [0.25, 0.3) is 0 Å². The van der Waals surface area contributed by atoms with E-state index in [0.717, 1.165) is 88.7 Å². The molecule has 52 heavy (non-hydrogen) atoms. The maximum Gasteiger partial charge on any atom is 0.159 e. The second kappa shape index (κ2) is 12.1. The first-order valence-electron chi connectivity index (χ1n) is 17.5. The van der Waals surface area contributed by atoms with E-state index < -0.39 is 0 Å². The van der Waals surface area contributed by atoms with Gasteiger partial charge in [-0.1, -0.05) is 121 Å². The van der Waals surface area contributed by atoms with Crippen molar-refractivity contribution in [3.05, 3.63) is 194 Å². The molecule has 0 spiro atoms. The van der Waals surface area contributed by atoms with Crippen LogP contribution in [0.25, 0.3) is 71.7 Å². The number of halogens is 1. The van der Waals surface area contributed by atoms with E-state index in [0.29, 0.717) is 0 Å². The molecular weight excluding hydrogens is 640 g/mol. The number of rotatable bonds is 6. The lowest BCUT2D eigenvalue weighted by atomic mass is 10.0. The molecule has 0 saturated heterocycles. The average Bonchev–Trinajstić information content (AvgIpc) is 3.75. The van der Waals surface area contributed by atoms with Gasteiger partial charge in [0.15, 0.2) is 5.58 Å². The van der Waals surface area contributed by atoms with E-state index in [9.17, 15) is 4.39 Å². The molecule has 0 unspecified atom stereocenters. The third kappa shape index (κ3) is 4.88. The Morgan fingerprint density at radius 1 is 0.442 bits per heavy atom. The van der Waals surface area contributed by atoms with Crippen LogP contribution in [0.1, 0.15) is 0 Å². The lowest BCUT2D eigenvalue weighted by Crippen LogP contribution is -2.10. The van der Waals surface area contributed by atoms with Crippen LogP contribution in [-0.4, -0.2) is 4.57 Å². The minimum atomic E-state index is -0.255. The maximum absolute atomic E-state index is 14.7. The highest BCUT2D eigenvalue weighted by Gasteiger charge is 2.21. The van der Waals surface area contributed by atoms with Gasteiger partial charge in [0.2, 0.25) is 0 Å². The minimum absolute atomic E-state index is 0.255. The van der Waals surface area contributed by atoms with Crippen molar-refractivity contribution in [2.75, 3.05) is 4.90 Å². The van der Waals surface area contributed by atoms with Crippen LogP contribution in [-0.2, 0) is 0 Å². The molecule has 246 valence electrons. The Balaban J connectivity index is 1.14. The molecule has 0 saturated carbocycles. The van der Waals surface area contributed by atoms with Gasteiger partial charge in [-0.15, -0.1) is 0 Å². The second-order valence-electron chi connectivity index (χ2n) is 13.1. The Morgan fingerprint density at radius 2 is 1.13 bits per heavy atom. The largest absolute Gasteiger partial charge is 0.454 e. The topological polar surface area (TPSA) is 21.3 Å². The summed E-state index contributed by atoms with van der Waals surface area (Å²) in [4.78, 5) is 2.28. The van der Waals surface area contributed by atoms with E-state index in [1.807, 2.05) is 42.5 Å². The molecule has 0 aliphatic rings. The van der Waals surface area contributed by atoms with E-state index in [4.69, 9.17) is 4.42 Å². The van der Waals surface area contributed by atoms with Crippen molar-refractivity contribution < 1.29 is 8.81 Å². The molecule has 2 heterocycles. The minimum Gasteiger partial charge on any atom is -0.454 e. The van der Waals surface area contributed by atoms with Crippen LogP contribution >= 0.6 is 0 Å². The quantitative estimate of drug-likeness (QED) is 0.176. The Labute approximate surface area is 300 Å². The van der Waals surface area contributed by atoms with Crippen LogP contribution in [0.4, 0.5) is 21.5 Å². The van der Waals surface area contributed by atoms with E-state index in [2.05, 4.69) is 143 Å². The van der Waals surface area contributed by atoms with Crippen LogP contribution in [0.15, 0.2) is 192 Å². The summed E-state index contributed by atoms with van der Waals surface area (Å²) in [6.45, 7) is 0. The van der Waals surface area contributed by atoms with Crippen LogP contribution in [0.3, 0.4) is 0 Å². The number of fused-ring (bicyclic) bond motifs is 6. The summed E-state index contributed by atoms with van der Waals surface area (Å²) in [5.74, 6) is -0.255. The molecule has 0 fully saturated rings. The number of furan rings is 1. The van der Waals surface area contributed by atoms with Gasteiger partial charge in [-0.25, -0.2) is 4.39 Å². The van der Waals surface area contributed by atoms with E-state index in [1.165, 1.54) is 6.07 Å². The first kappa shape index (κ1) is 30.0. The van der Waals surface area contributed by atoms with Crippen molar-refractivity contribution in [3.63, 3.8) is 0 Å². The Bertz CT molecular complexity index is 2920. The number of hydrogen-bond acceptors (Lipinski definition) is 2. The molecule has 0 radical (unpaired) electrons. The Kier molecular flexibility index (Phi) is 7.00. The van der Waals surface area contributed by atoms with E-state index in [-0.39, 0.29) is 5.82 Å². The van der Waals surface area contributed by atoms with Gasteiger partial charge in [0, 0.05) is 38.5 Å². The van der Waals surface area contributed by atoms with Gasteiger partial charge < -0.3 is 13.9 Å². The highest BCUT2D eigenvalue weighted by atomic mass is 19.1. The monoisotopic (exact) mass is 670 g/mol. The summed E-state index contributed by atoms with van der Waals surface area (Å²) >= 11 is 0. The molecule has 0 aliphatic heterocycles. The SMILES string of the molecule is Fc1ccc2c3ccccc3n(-c3ccccc3-c3ccc(N(c4cccc(-c5ccccc5)c4)c4cccc5c4oc4ccccc45)cc3)c2c1. The van der Waals surface area contributed by atoms with Crippen LogP contribution in [0, 0.1) is 5.82 Å². The third-order valence-electron chi connectivity index (χ3n) is 10.1. The zero-order valence-corrected chi connectivity index (χ0v) is 28.1. The normalized spacial score (nSPS) is 11.6. The molecule has 8 aromatic carbocycles. The van der Waals surface area contributed by atoms with Gasteiger partial charge in [0.05, 0.1) is 22.4 Å². The van der Waals surface area contributed by atoms with Gasteiger partial charge in [0.1, 0.15) is 11.4 Å². The first-order valence-corrected chi connectivity index (χ1v) is 17.5. The number of para-hydroxylation sites is 4. The zero-order valence-electron chi connectivity index (χ0n) is 28.1. The number of hydrogen-bond donors (Lipinski definition) is 0. The zero-order chi connectivity index (χ0) is 34.6. The summed E-state index contributed by atoms with van der Waals surface area (Å²) in [5, 5.41) is 4.28. The molecule has 10 aromatic rings. The lowest BCUT2D eigenvalue weighted by Gasteiger charge is -2.26. The van der Waals surface area contributed by atoms with Gasteiger partial charge in [-0.05, 0) is 83.4 Å². The van der Waals surface area contributed by atoms with Gasteiger partial charge >= 0.3 is 0 Å². The predicted octanol–water partition coefficient (Wildman–Crippen LogP) is 13.6. The first-order chi connectivity index (χ1) is 25.7. The molecule has 3 nitrogen and oxygen atoms in total. The summed E-state index contributed by atoms with van der Waals surface area (Å²) in [5.41, 5.74) is 11.9. The number of nitrogens with zero attached hydrogens (tertiary/aromatic N) is 2. The smallest absolute Gasteiger partial charge is 0.159 e. The van der Waals surface area contributed by atoms with Gasteiger partial charge in [-0.2, -0.15) is 0 Å². The summed E-state index contributed by atoms with van der Waals surface area (Å²) in [6, 6.07) is 64.1. The lowest BCUT2D eigenvalue weighted by molar-refractivity contribution is 0.629. The Morgan fingerprint density at radius 3 is 2.02 bits per heavy atom. The number of benzene rings is 8. The Hall–Kier alpha value is -6.91. The van der Waals surface area contributed by atoms with E-state index >= 15 is 0 Å². The predicted molar refractivity (Wildman–Crippen MR) is 214 cm³/mol. The van der Waals surface area contributed by atoms with Gasteiger partial charge in [-0.3, -0.25) is 0 Å². The average molecular weight is 671 g/mol. The fraction of sp³-hybridized carbons (Fsp3) is 0. The van der Waals surface area contributed by atoms with Crippen molar-refractivity contribution in [2.24, 2.45) is 0 Å². The summed E-state index contributed by atoms with van der Waals surface area (Å²) in [6.07, 6.45) is 0. The fourth-order valence-electron chi connectivity index (χ4n) is 7.70. The maximum atomic E-state index is 14.7. The molecular formula is C48H31FN2O. The second-order valence-corrected chi connectivity index (χ2v) is 13.1. The summed E-state index contributed by atoms with van der Waals surface area (Å²) in [7, 11) is 0. The number of aromatic nitrogens is 1. The van der Waals surface area contributed by atoms with Crippen LogP contribution < -0.4 is 4.90 Å². The molecule has 0 atom stereocenters. The van der Waals surface area contributed by atoms with Crippen molar-refractivity contribution in [2.45, 2.75) is 0 Å². The molecule has 0 amide bonds. The van der Waals surface area contributed by atoms with Crippen molar-refractivity contribution in [3.8, 4) is 27.9 Å².